The summed E-state index contributed by atoms with van der Waals surface area (Å²) in [6, 6.07) is 10.3. The number of carbonyl (C=O) groups excluding carboxylic acids is 1. The third-order valence-electron chi connectivity index (χ3n) is 3.70. The van der Waals surface area contributed by atoms with E-state index in [9.17, 15) is 4.79 Å². The zero-order valence-corrected chi connectivity index (χ0v) is 12.7. The van der Waals surface area contributed by atoms with Crippen molar-refractivity contribution in [3.63, 3.8) is 0 Å². The quantitative estimate of drug-likeness (QED) is 0.864. The number of aromatic nitrogens is 2. The molecule has 0 spiro atoms. The number of hydrogen-bond donors (Lipinski definition) is 1. The molecule has 0 aliphatic heterocycles. The molecular formula is C16H19N3OS. The summed E-state index contributed by atoms with van der Waals surface area (Å²) in [5, 5.41) is 0.981. The minimum Gasteiger partial charge on any atom is -0.370 e. The van der Waals surface area contributed by atoms with Gasteiger partial charge >= 0.3 is 0 Å². The van der Waals surface area contributed by atoms with E-state index in [4.69, 9.17) is 10.7 Å². The Labute approximate surface area is 128 Å². The molecule has 0 saturated heterocycles. The highest BCUT2D eigenvalue weighted by Crippen LogP contribution is 2.30. The number of hydrogen-bond acceptors (Lipinski definition) is 3. The molecule has 0 saturated carbocycles. The van der Waals surface area contributed by atoms with E-state index in [0.29, 0.717) is 12.2 Å². The van der Waals surface area contributed by atoms with Gasteiger partial charge in [-0.2, -0.15) is 0 Å². The SMILES string of the molecule is NC(=O)CCSc1nc2c(n1-c1ccccc1)CCCC2. The van der Waals surface area contributed by atoms with Crippen LogP contribution in [0.25, 0.3) is 5.69 Å². The average Bonchev–Trinajstić information content (AvgIpc) is 2.86. The van der Waals surface area contributed by atoms with E-state index in [-0.39, 0.29) is 5.91 Å². The molecule has 0 bridgehead atoms. The van der Waals surface area contributed by atoms with Gasteiger partial charge in [0, 0.05) is 23.6 Å². The number of thioether (sulfide) groups is 1. The Morgan fingerprint density at radius 2 is 2.00 bits per heavy atom. The van der Waals surface area contributed by atoms with Crippen molar-refractivity contribution in [3.05, 3.63) is 41.7 Å². The number of benzene rings is 1. The third kappa shape index (κ3) is 3.13. The molecule has 3 rings (SSSR count). The molecule has 0 unspecified atom stereocenters. The maximum absolute atomic E-state index is 10.9. The number of amides is 1. The normalized spacial score (nSPS) is 13.9. The lowest BCUT2D eigenvalue weighted by atomic mass is 10.0. The van der Waals surface area contributed by atoms with Crippen molar-refractivity contribution >= 4 is 17.7 Å². The van der Waals surface area contributed by atoms with Gasteiger partial charge in [0.1, 0.15) is 0 Å². The van der Waals surface area contributed by atoms with Crippen LogP contribution in [-0.2, 0) is 17.6 Å². The van der Waals surface area contributed by atoms with Crippen molar-refractivity contribution < 1.29 is 4.79 Å². The van der Waals surface area contributed by atoms with Gasteiger partial charge in [-0.3, -0.25) is 9.36 Å². The Balaban J connectivity index is 1.94. The molecule has 2 aromatic rings. The first-order valence-corrected chi connectivity index (χ1v) is 8.31. The minimum atomic E-state index is -0.259. The first kappa shape index (κ1) is 14.2. The number of nitrogens with zero attached hydrogens (tertiary/aromatic N) is 2. The van der Waals surface area contributed by atoms with E-state index in [2.05, 4.69) is 16.7 Å². The summed E-state index contributed by atoms with van der Waals surface area (Å²) < 4.78 is 2.25. The van der Waals surface area contributed by atoms with Crippen LogP contribution in [0.5, 0.6) is 0 Å². The van der Waals surface area contributed by atoms with Crippen molar-refractivity contribution in [2.24, 2.45) is 5.73 Å². The average molecular weight is 301 g/mol. The van der Waals surface area contributed by atoms with E-state index in [1.807, 2.05) is 18.2 Å². The highest BCUT2D eigenvalue weighted by Gasteiger charge is 2.21. The molecule has 0 radical (unpaired) electrons. The first-order chi connectivity index (χ1) is 10.3. The largest absolute Gasteiger partial charge is 0.370 e. The number of rotatable bonds is 5. The molecule has 1 aromatic heterocycles. The molecule has 110 valence electrons. The third-order valence-corrected chi connectivity index (χ3v) is 4.64. The summed E-state index contributed by atoms with van der Waals surface area (Å²) in [5.41, 5.74) is 8.91. The second-order valence-electron chi connectivity index (χ2n) is 5.23. The molecule has 0 atom stereocenters. The Morgan fingerprint density at radius 1 is 1.24 bits per heavy atom. The number of carbonyl (C=O) groups is 1. The number of para-hydroxylation sites is 1. The van der Waals surface area contributed by atoms with Crippen LogP contribution in [0.3, 0.4) is 0 Å². The van der Waals surface area contributed by atoms with E-state index in [1.165, 1.54) is 24.2 Å². The van der Waals surface area contributed by atoms with Gasteiger partial charge in [0.25, 0.3) is 0 Å². The van der Waals surface area contributed by atoms with E-state index in [1.54, 1.807) is 11.8 Å². The van der Waals surface area contributed by atoms with Gasteiger partial charge < -0.3 is 5.73 Å². The number of aryl methyl sites for hydroxylation is 1. The van der Waals surface area contributed by atoms with Crippen LogP contribution in [0.2, 0.25) is 0 Å². The second kappa shape index (κ2) is 6.35. The Morgan fingerprint density at radius 3 is 2.76 bits per heavy atom. The van der Waals surface area contributed by atoms with Crippen molar-refractivity contribution in [1.29, 1.82) is 0 Å². The van der Waals surface area contributed by atoms with Gasteiger partial charge in [0.2, 0.25) is 5.91 Å². The highest BCUT2D eigenvalue weighted by atomic mass is 32.2. The van der Waals surface area contributed by atoms with Gasteiger partial charge in [0.15, 0.2) is 5.16 Å². The smallest absolute Gasteiger partial charge is 0.218 e. The molecule has 5 heteroatoms. The Kier molecular flexibility index (Phi) is 4.29. The second-order valence-corrected chi connectivity index (χ2v) is 6.29. The molecular weight excluding hydrogens is 282 g/mol. The van der Waals surface area contributed by atoms with Gasteiger partial charge in [-0.15, -0.1) is 0 Å². The maximum atomic E-state index is 10.9. The maximum Gasteiger partial charge on any atom is 0.218 e. The van der Waals surface area contributed by atoms with Crippen molar-refractivity contribution in [2.45, 2.75) is 37.3 Å². The zero-order chi connectivity index (χ0) is 14.7. The first-order valence-electron chi connectivity index (χ1n) is 7.32. The molecule has 0 fully saturated rings. The number of nitrogens with two attached hydrogens (primary N) is 1. The molecule has 1 aliphatic rings. The molecule has 1 aliphatic carbocycles. The monoisotopic (exact) mass is 301 g/mol. The van der Waals surface area contributed by atoms with Crippen LogP contribution in [0, 0.1) is 0 Å². The summed E-state index contributed by atoms with van der Waals surface area (Å²) in [5.74, 6) is 0.419. The lowest BCUT2D eigenvalue weighted by Gasteiger charge is -2.15. The molecule has 2 N–H and O–H groups in total. The predicted octanol–water partition coefficient (Wildman–Crippen LogP) is 2.72. The van der Waals surface area contributed by atoms with Gasteiger partial charge in [-0.05, 0) is 37.8 Å². The minimum absolute atomic E-state index is 0.259. The molecule has 21 heavy (non-hydrogen) atoms. The fraction of sp³-hybridized carbons (Fsp3) is 0.375. The van der Waals surface area contributed by atoms with Crippen molar-refractivity contribution in [1.82, 2.24) is 9.55 Å². The van der Waals surface area contributed by atoms with E-state index < -0.39 is 0 Å². The standard InChI is InChI=1S/C16H19N3OS/c17-15(20)10-11-21-16-18-13-8-4-5-9-14(13)19(16)12-6-2-1-3-7-12/h1-3,6-7H,4-5,8-11H2,(H2,17,20). The topological polar surface area (TPSA) is 60.9 Å². The lowest BCUT2D eigenvalue weighted by Crippen LogP contribution is -2.11. The fourth-order valence-electron chi connectivity index (χ4n) is 2.70. The summed E-state index contributed by atoms with van der Waals surface area (Å²) in [7, 11) is 0. The van der Waals surface area contributed by atoms with Gasteiger partial charge in [-0.25, -0.2) is 4.98 Å². The van der Waals surface area contributed by atoms with Crippen LogP contribution in [-0.4, -0.2) is 21.2 Å². The zero-order valence-electron chi connectivity index (χ0n) is 11.9. The molecule has 1 heterocycles. The predicted molar refractivity (Wildman–Crippen MR) is 84.7 cm³/mol. The molecule has 4 nitrogen and oxygen atoms in total. The number of fused-ring (bicyclic) bond motifs is 1. The van der Waals surface area contributed by atoms with E-state index >= 15 is 0 Å². The lowest BCUT2D eigenvalue weighted by molar-refractivity contribution is -0.117. The van der Waals surface area contributed by atoms with Crippen LogP contribution in [0.15, 0.2) is 35.5 Å². The van der Waals surface area contributed by atoms with Crippen LogP contribution in [0.1, 0.15) is 30.7 Å². The highest BCUT2D eigenvalue weighted by molar-refractivity contribution is 7.99. The summed E-state index contributed by atoms with van der Waals surface area (Å²) >= 11 is 1.61. The van der Waals surface area contributed by atoms with Crippen molar-refractivity contribution in [3.8, 4) is 5.69 Å². The molecule has 1 amide bonds. The fourth-order valence-corrected chi connectivity index (χ4v) is 3.70. The summed E-state index contributed by atoms with van der Waals surface area (Å²) in [4.78, 5) is 15.7. The van der Waals surface area contributed by atoms with Crippen molar-refractivity contribution in [2.75, 3.05) is 5.75 Å². The summed E-state index contributed by atoms with van der Waals surface area (Å²) in [6.07, 6.45) is 4.95. The Bertz CT molecular complexity index is 636. The van der Waals surface area contributed by atoms with Crippen LogP contribution >= 0.6 is 11.8 Å². The van der Waals surface area contributed by atoms with Gasteiger partial charge in [0.05, 0.1) is 5.69 Å². The number of primary amides is 1. The van der Waals surface area contributed by atoms with Gasteiger partial charge in [-0.1, -0.05) is 30.0 Å². The van der Waals surface area contributed by atoms with Crippen LogP contribution in [0.4, 0.5) is 0 Å². The van der Waals surface area contributed by atoms with Crippen LogP contribution < -0.4 is 5.73 Å². The van der Waals surface area contributed by atoms with E-state index in [0.717, 1.165) is 23.7 Å². The number of imidazole rings is 1. The molecule has 1 aromatic carbocycles. The Hall–Kier alpha value is -1.75. The summed E-state index contributed by atoms with van der Waals surface area (Å²) in [6.45, 7) is 0.